The second-order valence-electron chi connectivity index (χ2n) is 5.34. The first-order valence-corrected chi connectivity index (χ1v) is 8.88. The Labute approximate surface area is 154 Å². The van der Waals surface area contributed by atoms with Crippen molar-refractivity contribution in [3.63, 3.8) is 0 Å². The molecular formula is C18H15N5O2S. The Balaban J connectivity index is 1.47. The highest BCUT2D eigenvalue weighted by atomic mass is 32.2. The van der Waals surface area contributed by atoms with Crippen molar-refractivity contribution in [2.45, 2.75) is 10.9 Å². The number of tetrazole rings is 1. The largest absolute Gasteiger partial charge is 0.497 e. The van der Waals surface area contributed by atoms with Gasteiger partial charge < -0.3 is 9.15 Å². The average molecular weight is 365 g/mol. The van der Waals surface area contributed by atoms with E-state index in [0.29, 0.717) is 16.8 Å². The Morgan fingerprint density at radius 1 is 1.08 bits per heavy atom. The van der Waals surface area contributed by atoms with Crippen molar-refractivity contribution in [2.75, 3.05) is 7.11 Å². The van der Waals surface area contributed by atoms with E-state index in [1.807, 2.05) is 54.6 Å². The zero-order valence-corrected chi connectivity index (χ0v) is 14.8. The van der Waals surface area contributed by atoms with Gasteiger partial charge in [-0.05, 0) is 34.7 Å². The Morgan fingerprint density at radius 3 is 2.65 bits per heavy atom. The standard InChI is InChI=1S/C18H15N5O2S/c1-24-15-9-7-14(8-10-15)23-18(20-21-22-23)26-12-17-19-11-16(25-17)13-5-3-2-4-6-13/h2-11H,12H2,1H3. The summed E-state index contributed by atoms with van der Waals surface area (Å²) < 4.78 is 12.7. The highest BCUT2D eigenvalue weighted by Gasteiger charge is 2.12. The maximum Gasteiger partial charge on any atom is 0.214 e. The van der Waals surface area contributed by atoms with Crippen molar-refractivity contribution in [3.05, 3.63) is 66.7 Å². The van der Waals surface area contributed by atoms with E-state index in [4.69, 9.17) is 9.15 Å². The van der Waals surface area contributed by atoms with Crippen molar-refractivity contribution < 1.29 is 9.15 Å². The Hall–Kier alpha value is -3.13. The lowest BCUT2D eigenvalue weighted by molar-refractivity contribution is 0.414. The van der Waals surface area contributed by atoms with E-state index >= 15 is 0 Å². The lowest BCUT2D eigenvalue weighted by Gasteiger charge is -2.04. The molecule has 8 heteroatoms. The van der Waals surface area contributed by atoms with Crippen molar-refractivity contribution in [1.82, 2.24) is 25.2 Å². The Bertz CT molecular complexity index is 982. The molecule has 2 heterocycles. The van der Waals surface area contributed by atoms with Crippen molar-refractivity contribution in [1.29, 1.82) is 0 Å². The molecule has 0 saturated carbocycles. The zero-order valence-electron chi connectivity index (χ0n) is 13.9. The zero-order chi connectivity index (χ0) is 17.8. The third-order valence-corrected chi connectivity index (χ3v) is 4.60. The summed E-state index contributed by atoms with van der Waals surface area (Å²) in [4.78, 5) is 4.34. The van der Waals surface area contributed by atoms with Gasteiger partial charge in [-0.25, -0.2) is 4.98 Å². The number of methoxy groups -OCH3 is 1. The summed E-state index contributed by atoms with van der Waals surface area (Å²) in [5.41, 5.74) is 1.86. The number of thioether (sulfide) groups is 1. The highest BCUT2D eigenvalue weighted by molar-refractivity contribution is 7.98. The Morgan fingerprint density at radius 2 is 1.88 bits per heavy atom. The van der Waals surface area contributed by atoms with Crippen LogP contribution in [0.25, 0.3) is 17.0 Å². The summed E-state index contributed by atoms with van der Waals surface area (Å²) in [6.45, 7) is 0. The molecule has 4 rings (SSSR count). The number of nitrogens with zero attached hydrogens (tertiary/aromatic N) is 5. The molecule has 0 fully saturated rings. The SMILES string of the molecule is COc1ccc(-n2nnnc2SCc2ncc(-c3ccccc3)o2)cc1. The van der Waals surface area contributed by atoms with Crippen LogP contribution in [0.1, 0.15) is 5.89 Å². The lowest BCUT2D eigenvalue weighted by atomic mass is 10.2. The number of hydrogen-bond acceptors (Lipinski definition) is 7. The van der Waals surface area contributed by atoms with E-state index in [1.54, 1.807) is 18.0 Å². The fourth-order valence-corrected chi connectivity index (χ4v) is 3.14. The normalized spacial score (nSPS) is 10.8. The van der Waals surface area contributed by atoms with Crippen LogP contribution in [0.15, 0.2) is 70.4 Å². The molecule has 0 amide bonds. The minimum absolute atomic E-state index is 0.531. The molecule has 0 radical (unpaired) electrons. The summed E-state index contributed by atoms with van der Waals surface area (Å²) in [5.74, 6) is 2.68. The molecule has 26 heavy (non-hydrogen) atoms. The van der Waals surface area contributed by atoms with Gasteiger partial charge in [-0.1, -0.05) is 42.1 Å². The number of rotatable bonds is 6. The van der Waals surface area contributed by atoms with Crippen LogP contribution in [-0.2, 0) is 5.75 Å². The van der Waals surface area contributed by atoms with Gasteiger partial charge in [0.1, 0.15) is 5.75 Å². The van der Waals surface area contributed by atoms with Crippen molar-refractivity contribution in [2.24, 2.45) is 0 Å². The topological polar surface area (TPSA) is 78.9 Å². The van der Waals surface area contributed by atoms with Gasteiger partial charge in [0, 0.05) is 5.56 Å². The van der Waals surface area contributed by atoms with E-state index in [9.17, 15) is 0 Å². The summed E-state index contributed by atoms with van der Waals surface area (Å²) >= 11 is 1.46. The number of ether oxygens (including phenoxy) is 1. The van der Waals surface area contributed by atoms with Gasteiger partial charge in [0.2, 0.25) is 11.0 Å². The molecule has 2 aromatic carbocycles. The van der Waals surface area contributed by atoms with Crippen LogP contribution in [0.2, 0.25) is 0 Å². The molecule has 2 aromatic heterocycles. The molecule has 0 saturated heterocycles. The van der Waals surface area contributed by atoms with E-state index < -0.39 is 0 Å². The van der Waals surface area contributed by atoms with Crippen LogP contribution in [0.5, 0.6) is 5.75 Å². The molecule has 0 unspecified atom stereocenters. The molecule has 0 aliphatic rings. The summed E-state index contributed by atoms with van der Waals surface area (Å²) in [7, 11) is 1.63. The van der Waals surface area contributed by atoms with E-state index in [2.05, 4.69) is 20.5 Å². The van der Waals surface area contributed by atoms with E-state index in [0.717, 1.165) is 22.8 Å². The van der Waals surface area contributed by atoms with E-state index in [-0.39, 0.29) is 0 Å². The van der Waals surface area contributed by atoms with Gasteiger partial charge in [0.05, 0.1) is 24.7 Å². The molecule has 0 bridgehead atoms. The van der Waals surface area contributed by atoms with Gasteiger partial charge in [0.15, 0.2) is 5.76 Å². The lowest BCUT2D eigenvalue weighted by Crippen LogP contribution is -1.99. The predicted molar refractivity (Wildman–Crippen MR) is 97.2 cm³/mol. The fourth-order valence-electron chi connectivity index (χ4n) is 2.39. The summed E-state index contributed by atoms with van der Waals surface area (Å²) in [6, 6.07) is 17.4. The van der Waals surface area contributed by atoms with Gasteiger partial charge in [-0.15, -0.1) is 5.10 Å². The number of hydrogen-bond donors (Lipinski definition) is 0. The fraction of sp³-hybridized carbons (Fsp3) is 0.111. The molecule has 4 aromatic rings. The third kappa shape index (κ3) is 3.45. The molecule has 7 nitrogen and oxygen atoms in total. The number of aromatic nitrogens is 5. The summed E-state index contributed by atoms with van der Waals surface area (Å²) in [6.07, 6.45) is 1.73. The molecule has 0 spiro atoms. The maximum atomic E-state index is 5.82. The van der Waals surface area contributed by atoms with Crippen LogP contribution in [0.3, 0.4) is 0 Å². The first-order chi connectivity index (χ1) is 12.8. The molecule has 0 atom stereocenters. The van der Waals surface area contributed by atoms with E-state index in [1.165, 1.54) is 11.8 Å². The van der Waals surface area contributed by atoms with Gasteiger partial charge in [-0.2, -0.15) is 4.68 Å². The average Bonchev–Trinajstić information content (AvgIpc) is 3.36. The first-order valence-electron chi connectivity index (χ1n) is 7.89. The van der Waals surface area contributed by atoms with Crippen LogP contribution < -0.4 is 4.74 Å². The molecule has 130 valence electrons. The second kappa shape index (κ2) is 7.40. The summed E-state index contributed by atoms with van der Waals surface area (Å²) in [5, 5.41) is 12.6. The predicted octanol–water partition coefficient (Wildman–Crippen LogP) is 3.62. The molecular weight excluding hydrogens is 350 g/mol. The molecule has 0 N–H and O–H groups in total. The van der Waals surface area contributed by atoms with Crippen LogP contribution in [-0.4, -0.2) is 32.3 Å². The minimum atomic E-state index is 0.531. The third-order valence-electron chi connectivity index (χ3n) is 3.69. The van der Waals surface area contributed by atoms with Crippen LogP contribution >= 0.6 is 11.8 Å². The number of oxazole rings is 1. The van der Waals surface area contributed by atoms with Gasteiger partial charge in [0.25, 0.3) is 0 Å². The Kier molecular flexibility index (Phi) is 4.65. The maximum absolute atomic E-state index is 5.82. The van der Waals surface area contributed by atoms with Gasteiger partial charge in [-0.3, -0.25) is 0 Å². The quantitative estimate of drug-likeness (QED) is 0.483. The van der Waals surface area contributed by atoms with Crippen molar-refractivity contribution in [3.8, 4) is 22.8 Å². The second-order valence-corrected chi connectivity index (χ2v) is 6.29. The van der Waals surface area contributed by atoms with Crippen LogP contribution in [0.4, 0.5) is 0 Å². The van der Waals surface area contributed by atoms with Gasteiger partial charge >= 0.3 is 0 Å². The molecule has 0 aliphatic carbocycles. The smallest absolute Gasteiger partial charge is 0.214 e. The van der Waals surface area contributed by atoms with Crippen molar-refractivity contribution >= 4 is 11.8 Å². The van der Waals surface area contributed by atoms with Crippen LogP contribution in [0, 0.1) is 0 Å². The highest BCUT2D eigenvalue weighted by Crippen LogP contribution is 2.26. The number of benzene rings is 2. The monoisotopic (exact) mass is 365 g/mol. The molecule has 0 aliphatic heterocycles. The minimum Gasteiger partial charge on any atom is -0.497 e. The first kappa shape index (κ1) is 16.3.